The maximum Gasteiger partial charge on any atom is 0.321 e. The molecule has 1 saturated carbocycles. The van der Waals surface area contributed by atoms with Crippen molar-refractivity contribution in [2.45, 2.75) is 83.4 Å². The summed E-state index contributed by atoms with van der Waals surface area (Å²) in [4.78, 5) is 29.6. The minimum atomic E-state index is -4.36. The summed E-state index contributed by atoms with van der Waals surface area (Å²) in [5.41, 5.74) is 3.27. The van der Waals surface area contributed by atoms with Crippen LogP contribution in [-0.4, -0.2) is 66.8 Å². The number of benzene rings is 2. The van der Waals surface area contributed by atoms with Crippen molar-refractivity contribution < 1.29 is 32.2 Å². The number of aromatic nitrogens is 4. The Morgan fingerprint density at radius 2 is 1.78 bits per heavy atom. The number of carbonyl (C=O) groups excluding carboxylic acids is 1. The highest BCUT2D eigenvalue weighted by atomic mass is 32.2. The quantitative estimate of drug-likeness (QED) is 0.164. The zero-order valence-corrected chi connectivity index (χ0v) is 30.4. The summed E-state index contributed by atoms with van der Waals surface area (Å²) in [6, 6.07) is 12.8. The third-order valence-corrected chi connectivity index (χ3v) is 10.9. The molecule has 0 N–H and O–H groups in total. The van der Waals surface area contributed by atoms with Gasteiger partial charge in [0, 0.05) is 24.3 Å². The number of sulfonamides is 1. The smallest absolute Gasteiger partial charge is 0.321 e. The van der Waals surface area contributed by atoms with Gasteiger partial charge in [-0.1, -0.05) is 38.1 Å². The van der Waals surface area contributed by atoms with Crippen molar-refractivity contribution in [1.29, 1.82) is 0 Å². The van der Waals surface area contributed by atoms with E-state index in [-0.39, 0.29) is 53.3 Å². The molecule has 1 aliphatic heterocycles. The van der Waals surface area contributed by atoms with Crippen LogP contribution in [0.5, 0.6) is 11.6 Å². The summed E-state index contributed by atoms with van der Waals surface area (Å²) in [7, 11) is -2.98. The van der Waals surface area contributed by atoms with E-state index in [4.69, 9.17) is 19.2 Å². The molecule has 0 spiro atoms. The molecular formula is C37H44N6O7S. The van der Waals surface area contributed by atoms with Gasteiger partial charge in [-0.05, 0) is 86.2 Å². The molecule has 4 bridgehead atoms. The zero-order chi connectivity index (χ0) is 36.3. The number of methoxy groups -OCH3 is 1. The van der Waals surface area contributed by atoms with Crippen LogP contribution in [0.25, 0.3) is 11.3 Å². The standard InChI is InChI=1S/C37H44N6O7S/c1-24(2)16-28-22-49-34-18-32(35-25(3)10-8-11-26(35)4)39-37(40-34)43(23-48-5)51(46,47)31-15-9-12-27(17-31)36(44)41(28)21-33-38-19-30(20-42(33)45)50-29-13-6-7-14-29/h8-12,15,17-20,24,28-29H,6-7,13-14,16,21-23H2,1-5H3/t28-/m1/s1. The number of nitrogens with zero attached hydrogens (tertiary/aromatic N) is 6. The number of fused-ring (bicyclic) bond motifs is 4. The molecular weight excluding hydrogens is 673 g/mol. The summed E-state index contributed by atoms with van der Waals surface area (Å²) in [5, 5.41) is 13.3. The maximum absolute atomic E-state index is 14.5. The van der Waals surface area contributed by atoms with Crippen LogP contribution in [0.1, 0.15) is 73.3 Å². The Morgan fingerprint density at radius 1 is 1.06 bits per heavy atom. The number of carbonyl (C=O) groups is 1. The van der Waals surface area contributed by atoms with Crippen LogP contribution in [0.2, 0.25) is 0 Å². The molecule has 1 aliphatic carbocycles. The first-order valence-electron chi connectivity index (χ1n) is 17.2. The van der Waals surface area contributed by atoms with Gasteiger partial charge in [0.15, 0.2) is 6.20 Å². The average molecular weight is 717 g/mol. The van der Waals surface area contributed by atoms with Crippen LogP contribution < -0.4 is 18.5 Å². The predicted molar refractivity (Wildman–Crippen MR) is 190 cm³/mol. The fourth-order valence-electron chi connectivity index (χ4n) is 6.70. The van der Waals surface area contributed by atoms with Gasteiger partial charge in [0.25, 0.3) is 15.9 Å². The summed E-state index contributed by atoms with van der Waals surface area (Å²) in [5.74, 6) is 0.0620. The first kappa shape index (κ1) is 36.0. The van der Waals surface area contributed by atoms with Crippen molar-refractivity contribution in [2.75, 3.05) is 24.8 Å². The molecule has 4 aromatic rings. The van der Waals surface area contributed by atoms with Crippen molar-refractivity contribution >= 4 is 21.9 Å². The molecule has 1 amide bonds. The molecule has 3 heterocycles. The van der Waals surface area contributed by atoms with Crippen LogP contribution >= 0.6 is 0 Å². The van der Waals surface area contributed by atoms with Gasteiger partial charge in [0.1, 0.15) is 26.1 Å². The Morgan fingerprint density at radius 3 is 2.47 bits per heavy atom. The normalized spacial score (nSPS) is 17.8. The van der Waals surface area contributed by atoms with E-state index in [1.54, 1.807) is 12.1 Å². The lowest BCUT2D eigenvalue weighted by molar-refractivity contribution is -0.619. The van der Waals surface area contributed by atoms with E-state index >= 15 is 0 Å². The third kappa shape index (κ3) is 7.91. The Kier molecular flexibility index (Phi) is 10.7. The van der Waals surface area contributed by atoms with Crippen LogP contribution in [0.4, 0.5) is 5.95 Å². The Hall–Kier alpha value is -4.82. The molecule has 6 rings (SSSR count). The lowest BCUT2D eigenvalue weighted by atomic mass is 10.00. The molecule has 0 radical (unpaired) electrons. The first-order valence-corrected chi connectivity index (χ1v) is 18.6. The van der Waals surface area contributed by atoms with Crippen LogP contribution in [-0.2, 0) is 21.3 Å². The Balaban J connectivity index is 1.47. The van der Waals surface area contributed by atoms with Gasteiger partial charge in [-0.2, -0.15) is 4.98 Å². The topological polar surface area (TPSA) is 151 Å². The second kappa shape index (κ2) is 15.2. The zero-order valence-electron chi connectivity index (χ0n) is 29.6. The number of amides is 1. The van der Waals surface area contributed by atoms with Crippen LogP contribution in [0.3, 0.4) is 0 Å². The van der Waals surface area contributed by atoms with Crippen LogP contribution in [0.15, 0.2) is 65.8 Å². The van der Waals surface area contributed by atoms with Crippen molar-refractivity contribution in [3.63, 3.8) is 0 Å². The van der Waals surface area contributed by atoms with Gasteiger partial charge in [0.05, 0.1) is 22.7 Å². The third-order valence-electron chi connectivity index (χ3n) is 9.19. The van der Waals surface area contributed by atoms with E-state index in [0.29, 0.717) is 22.6 Å². The lowest BCUT2D eigenvalue weighted by Crippen LogP contribution is -2.47. The predicted octanol–water partition coefficient (Wildman–Crippen LogP) is 5.36. The highest BCUT2D eigenvalue weighted by Gasteiger charge is 2.34. The largest absolute Gasteiger partial charge is 0.711 e. The maximum atomic E-state index is 14.5. The molecule has 1 atom stereocenters. The summed E-state index contributed by atoms with van der Waals surface area (Å²) in [6.07, 6.45) is 7.43. The number of aryl methyl sites for hydroxylation is 2. The van der Waals surface area contributed by atoms with Crippen molar-refractivity contribution in [2.24, 2.45) is 5.92 Å². The number of hydrogen-bond donors (Lipinski definition) is 0. The van der Waals surface area contributed by atoms with Crippen molar-refractivity contribution in [1.82, 2.24) is 19.9 Å². The van der Waals surface area contributed by atoms with Gasteiger partial charge in [-0.25, -0.2) is 22.4 Å². The van der Waals surface area contributed by atoms with E-state index in [1.165, 1.54) is 42.6 Å². The van der Waals surface area contributed by atoms with Gasteiger partial charge < -0.3 is 24.3 Å². The highest BCUT2D eigenvalue weighted by molar-refractivity contribution is 7.92. The Bertz CT molecular complexity index is 1980. The van der Waals surface area contributed by atoms with Crippen molar-refractivity contribution in [3.8, 4) is 22.9 Å². The minimum absolute atomic E-state index is 0.00891. The van der Waals surface area contributed by atoms with E-state index in [9.17, 15) is 18.4 Å². The molecule has 13 nitrogen and oxygen atoms in total. The molecule has 0 saturated heterocycles. The monoisotopic (exact) mass is 716 g/mol. The van der Waals surface area contributed by atoms with E-state index in [0.717, 1.165) is 46.7 Å². The Labute approximate surface area is 298 Å². The molecule has 2 aromatic heterocycles. The van der Waals surface area contributed by atoms with Crippen LogP contribution in [0, 0.1) is 25.0 Å². The summed E-state index contributed by atoms with van der Waals surface area (Å²) >= 11 is 0. The van der Waals surface area contributed by atoms with E-state index < -0.39 is 28.7 Å². The molecule has 0 unspecified atom stereocenters. The number of anilines is 1. The van der Waals surface area contributed by atoms with E-state index in [1.807, 2.05) is 45.9 Å². The SMILES string of the molecule is COCN1c2nc(cc(-c3c(C)cccc3C)n2)OC[C@@H](CC(C)C)N(Cc2ncc(OC3CCCC3)c[n+]2[O-])C(=O)c2cccc(c2)S1(=O)=O. The molecule has 2 aromatic carbocycles. The number of hydrogen-bond acceptors (Lipinski definition) is 10. The number of rotatable bonds is 9. The molecule has 51 heavy (non-hydrogen) atoms. The average Bonchev–Trinajstić information content (AvgIpc) is 3.61. The molecule has 14 heteroatoms. The molecule has 270 valence electrons. The number of ether oxygens (including phenoxy) is 3. The van der Waals surface area contributed by atoms with Gasteiger partial charge in [-0.3, -0.25) is 4.79 Å². The van der Waals surface area contributed by atoms with E-state index in [2.05, 4.69) is 9.97 Å². The fraction of sp³-hybridized carbons (Fsp3) is 0.432. The first-order chi connectivity index (χ1) is 24.4. The summed E-state index contributed by atoms with van der Waals surface area (Å²) in [6.45, 7) is 7.40. The molecule has 2 aliphatic rings. The second-order valence-corrected chi connectivity index (χ2v) is 15.4. The summed E-state index contributed by atoms with van der Waals surface area (Å²) < 4.78 is 47.9. The van der Waals surface area contributed by atoms with Gasteiger partial charge >= 0.3 is 5.82 Å². The van der Waals surface area contributed by atoms with Gasteiger partial charge in [0.2, 0.25) is 17.6 Å². The molecule has 1 fully saturated rings. The van der Waals surface area contributed by atoms with Gasteiger partial charge in [-0.15, -0.1) is 0 Å². The minimum Gasteiger partial charge on any atom is -0.711 e. The second-order valence-electron chi connectivity index (χ2n) is 13.5. The lowest BCUT2D eigenvalue weighted by Gasteiger charge is -2.32. The highest BCUT2D eigenvalue weighted by Crippen LogP contribution is 2.32. The fourth-order valence-corrected chi connectivity index (χ4v) is 8.02. The van der Waals surface area contributed by atoms with Crippen molar-refractivity contribution in [3.05, 3.63) is 88.6 Å².